The molecule has 26 heavy (non-hydrogen) atoms. The minimum absolute atomic E-state index is 0. The molecule has 0 aromatic heterocycles. The van der Waals surface area contributed by atoms with Crippen molar-refractivity contribution in [3.63, 3.8) is 0 Å². The van der Waals surface area contributed by atoms with Gasteiger partial charge in [-0.3, -0.25) is 0 Å². The topological polar surface area (TPSA) is 18.5 Å². The van der Waals surface area contributed by atoms with Crippen molar-refractivity contribution in [2.75, 3.05) is 6.61 Å². The van der Waals surface area contributed by atoms with E-state index >= 15 is 0 Å². The van der Waals surface area contributed by atoms with E-state index in [0.29, 0.717) is 18.5 Å². The van der Waals surface area contributed by atoms with Crippen LogP contribution in [-0.4, -0.2) is 18.8 Å². The van der Waals surface area contributed by atoms with Crippen molar-refractivity contribution in [2.24, 2.45) is 11.8 Å². The molecule has 1 aromatic carbocycles. The van der Waals surface area contributed by atoms with Crippen LogP contribution >= 0.6 is 0 Å². The van der Waals surface area contributed by atoms with Crippen LogP contribution in [0, 0.1) is 24.1 Å². The minimum atomic E-state index is -0.223. The Morgan fingerprint density at radius 3 is 2.50 bits per heavy atom. The van der Waals surface area contributed by atoms with Gasteiger partial charge in [0, 0.05) is 6.07 Å². The molecule has 4 rings (SSSR count). The molecule has 2 nitrogen and oxygen atoms in total. The molecule has 2 fully saturated rings. The first-order valence-electron chi connectivity index (χ1n) is 10.2. The summed E-state index contributed by atoms with van der Waals surface area (Å²) in [5.41, 5.74) is 1.11. The predicted molar refractivity (Wildman–Crippen MR) is 97.1 cm³/mol. The Morgan fingerprint density at radius 1 is 1.00 bits per heavy atom. The molecule has 0 saturated heterocycles. The van der Waals surface area contributed by atoms with Crippen molar-refractivity contribution >= 4 is 0 Å². The Morgan fingerprint density at radius 2 is 1.73 bits per heavy atom. The van der Waals surface area contributed by atoms with Crippen LogP contribution in [0.3, 0.4) is 0 Å². The van der Waals surface area contributed by atoms with Crippen LogP contribution < -0.4 is 62.9 Å². The molecule has 0 spiro atoms. The summed E-state index contributed by atoms with van der Waals surface area (Å²) in [6.07, 6.45) is 15.3. The van der Waals surface area contributed by atoms with Crippen molar-refractivity contribution in [1.82, 2.24) is 0 Å². The van der Waals surface area contributed by atoms with Gasteiger partial charge < -0.3 is 15.9 Å². The molecule has 1 aliphatic heterocycles. The van der Waals surface area contributed by atoms with E-state index in [9.17, 15) is 4.39 Å². The Balaban J connectivity index is 0.00000196. The molecule has 2 saturated carbocycles. The van der Waals surface area contributed by atoms with Crippen LogP contribution in [0.2, 0.25) is 0 Å². The second-order valence-electron chi connectivity index (χ2n) is 8.10. The number of benzene rings is 1. The quantitative estimate of drug-likeness (QED) is 0.683. The number of halogens is 1. The summed E-state index contributed by atoms with van der Waals surface area (Å²) >= 11 is 0. The molecule has 1 atom stereocenters. The van der Waals surface area contributed by atoms with Gasteiger partial charge in [-0.2, -0.15) is 12.8 Å². The Labute approximate surface area is 206 Å². The van der Waals surface area contributed by atoms with Gasteiger partial charge in [0.05, 0.1) is 12.7 Å². The molecule has 3 aliphatic rings. The molecular weight excluding hydrogens is 401 g/mol. The summed E-state index contributed by atoms with van der Waals surface area (Å²) in [7, 11) is 0. The van der Waals surface area contributed by atoms with Gasteiger partial charge in [0.2, 0.25) is 0 Å². The monoisotopic (exact) mass is 430 g/mol. The fourth-order valence-electron chi connectivity index (χ4n) is 4.91. The molecule has 0 radical (unpaired) electrons. The maximum Gasteiger partial charge on any atom is 1.00 e. The molecule has 1 heterocycles. The molecule has 1 unspecified atom stereocenters. The maximum atomic E-state index is 13.4. The zero-order valence-electron chi connectivity index (χ0n) is 16.1. The van der Waals surface area contributed by atoms with Crippen LogP contribution in [0.25, 0.3) is 0 Å². The first-order chi connectivity index (χ1) is 12.3. The molecule has 0 N–H and O–H groups in total. The number of hydrogen-bond donors (Lipinski definition) is 0. The van der Waals surface area contributed by atoms with Crippen molar-refractivity contribution in [3.05, 3.63) is 36.0 Å². The summed E-state index contributed by atoms with van der Waals surface area (Å²) in [6, 6.07) is 4.86. The van der Waals surface area contributed by atoms with E-state index in [-0.39, 0.29) is 70.1 Å². The molecule has 138 valence electrons. The zero-order chi connectivity index (χ0) is 17.1. The number of rotatable bonds is 4. The molecule has 1 aromatic rings. The van der Waals surface area contributed by atoms with Gasteiger partial charge in [-0.1, -0.05) is 18.9 Å². The number of fused-ring (bicyclic) bond motifs is 1. The normalized spacial score (nSPS) is 29.3. The molecular formula is C22H30FO2Rb. The standard InChI is InChI=1S/C22H30FO2.Rb/c23-19-10-6-18-9-13-21(25-22(18)14-19)15-24-20-11-7-17(8-12-20)16-4-2-1-3-5-16;/h1,6,10,14,16-17,20-21H,2-5,7-9,11-13,15H2;/q-1;+1. The second-order valence-corrected chi connectivity index (χ2v) is 8.10. The molecule has 2 aliphatic carbocycles. The van der Waals surface area contributed by atoms with Crippen LogP contribution in [0.4, 0.5) is 4.39 Å². The number of hydrogen-bond acceptors (Lipinski definition) is 2. The summed E-state index contributed by atoms with van der Waals surface area (Å²) in [5.74, 6) is 2.37. The van der Waals surface area contributed by atoms with E-state index in [4.69, 9.17) is 9.47 Å². The maximum absolute atomic E-state index is 13.4. The van der Waals surface area contributed by atoms with Crippen molar-refractivity contribution in [1.29, 1.82) is 0 Å². The summed E-state index contributed by atoms with van der Waals surface area (Å²) < 4.78 is 25.5. The van der Waals surface area contributed by atoms with Gasteiger partial charge in [-0.15, -0.1) is 0 Å². The SMILES string of the molecule is Fc1ccc2c(c1)OC(COC1CCC(C3CC[CH-]CC3)CC1)CC2.[Rb+]. The molecule has 4 heteroatoms. The van der Waals surface area contributed by atoms with Crippen molar-refractivity contribution < 1.29 is 72.1 Å². The fraction of sp³-hybridized carbons (Fsp3) is 0.682. The van der Waals surface area contributed by atoms with Gasteiger partial charge in [0.1, 0.15) is 17.7 Å². The van der Waals surface area contributed by atoms with E-state index in [1.54, 1.807) is 0 Å². The third kappa shape index (κ3) is 5.62. The van der Waals surface area contributed by atoms with Gasteiger partial charge in [0.15, 0.2) is 0 Å². The van der Waals surface area contributed by atoms with E-state index in [1.165, 1.54) is 63.5 Å². The minimum Gasteiger partial charge on any atom is -0.488 e. The van der Waals surface area contributed by atoms with Crippen molar-refractivity contribution in [2.45, 2.75) is 76.4 Å². The Hall–Kier alpha value is 0.715. The van der Waals surface area contributed by atoms with E-state index < -0.39 is 0 Å². The first kappa shape index (κ1) is 21.4. The van der Waals surface area contributed by atoms with Gasteiger partial charge >= 0.3 is 58.2 Å². The largest absolute Gasteiger partial charge is 1.00 e. The Bertz CT molecular complexity index is 565. The van der Waals surface area contributed by atoms with E-state index in [0.717, 1.165) is 30.2 Å². The summed E-state index contributed by atoms with van der Waals surface area (Å²) in [6.45, 7) is 0.643. The molecule has 0 bridgehead atoms. The second kappa shape index (κ2) is 10.5. The van der Waals surface area contributed by atoms with Crippen LogP contribution in [0.15, 0.2) is 18.2 Å². The summed E-state index contributed by atoms with van der Waals surface area (Å²) in [4.78, 5) is 0. The van der Waals surface area contributed by atoms with Gasteiger partial charge in [-0.25, -0.2) is 4.39 Å². The first-order valence-corrected chi connectivity index (χ1v) is 10.2. The third-order valence-electron chi connectivity index (χ3n) is 6.45. The fourth-order valence-corrected chi connectivity index (χ4v) is 4.91. The Kier molecular flexibility index (Phi) is 8.64. The number of aryl methyl sites for hydroxylation is 1. The molecule has 0 amide bonds. The average Bonchev–Trinajstić information content (AvgIpc) is 2.67. The van der Waals surface area contributed by atoms with Crippen LogP contribution in [0.1, 0.15) is 63.4 Å². The number of ether oxygens (including phenoxy) is 2. The van der Waals surface area contributed by atoms with Crippen molar-refractivity contribution in [3.8, 4) is 5.75 Å². The zero-order valence-corrected chi connectivity index (χ0v) is 21.0. The van der Waals surface area contributed by atoms with Gasteiger partial charge in [-0.05, 0) is 62.0 Å². The third-order valence-corrected chi connectivity index (χ3v) is 6.45. The van der Waals surface area contributed by atoms with Gasteiger partial charge in [0.25, 0.3) is 0 Å². The summed E-state index contributed by atoms with van der Waals surface area (Å²) in [5, 5.41) is 0. The van der Waals surface area contributed by atoms with E-state index in [2.05, 4.69) is 6.42 Å². The van der Waals surface area contributed by atoms with E-state index in [1.807, 2.05) is 6.07 Å². The smallest absolute Gasteiger partial charge is 0.488 e. The predicted octanol–water partition coefficient (Wildman–Crippen LogP) is 2.49. The average molecular weight is 431 g/mol. The van der Waals surface area contributed by atoms with Crippen LogP contribution in [-0.2, 0) is 11.2 Å². The van der Waals surface area contributed by atoms with Crippen LogP contribution in [0.5, 0.6) is 5.75 Å².